The van der Waals surface area contributed by atoms with Crippen molar-refractivity contribution >= 4 is 11.9 Å². The molecule has 0 saturated heterocycles. The molecule has 0 bridgehead atoms. The standard InChI is InChI=1S/C31H53NO3/c1-2-3-4-5-6-7-8-9-10-11-12-13-14-15-16-17-18-19-23-26-30(33)32-29(31(34)35)27-28-24-21-20-22-25-28/h20-22,24-25,29H,2-19,23,26-27H2,1H3,(H,32,33)(H,34,35)/t29-/m0/s1. The lowest BCUT2D eigenvalue weighted by molar-refractivity contribution is -0.141. The van der Waals surface area contributed by atoms with Crippen molar-refractivity contribution in [2.24, 2.45) is 0 Å². The molecule has 0 heterocycles. The van der Waals surface area contributed by atoms with Crippen molar-refractivity contribution in [2.45, 2.75) is 148 Å². The third-order valence-electron chi connectivity index (χ3n) is 6.92. The number of hydrogen-bond acceptors (Lipinski definition) is 2. The van der Waals surface area contributed by atoms with Gasteiger partial charge in [-0.05, 0) is 12.0 Å². The Morgan fingerprint density at radius 1 is 0.657 bits per heavy atom. The van der Waals surface area contributed by atoms with Gasteiger partial charge in [-0.3, -0.25) is 4.79 Å². The van der Waals surface area contributed by atoms with E-state index in [0.29, 0.717) is 12.8 Å². The molecular weight excluding hydrogens is 434 g/mol. The molecular formula is C31H53NO3. The second kappa shape index (κ2) is 22.6. The molecule has 0 aliphatic rings. The van der Waals surface area contributed by atoms with Crippen LogP contribution in [-0.2, 0) is 16.0 Å². The molecule has 1 rings (SSSR count). The summed E-state index contributed by atoms with van der Waals surface area (Å²) in [6.45, 7) is 2.28. The summed E-state index contributed by atoms with van der Waals surface area (Å²) in [5, 5.41) is 12.1. The molecule has 0 unspecified atom stereocenters. The van der Waals surface area contributed by atoms with Crippen LogP contribution in [0.25, 0.3) is 0 Å². The van der Waals surface area contributed by atoms with Crippen LogP contribution >= 0.6 is 0 Å². The van der Waals surface area contributed by atoms with E-state index in [1.54, 1.807) is 0 Å². The Kier molecular flexibility index (Phi) is 20.2. The molecule has 0 radical (unpaired) electrons. The predicted octanol–water partition coefficient (Wildman–Crippen LogP) is 8.62. The molecule has 1 aromatic carbocycles. The minimum absolute atomic E-state index is 0.152. The second-order valence-electron chi connectivity index (χ2n) is 10.3. The van der Waals surface area contributed by atoms with E-state index in [1.165, 1.54) is 103 Å². The molecule has 0 aliphatic heterocycles. The molecule has 4 nitrogen and oxygen atoms in total. The Balaban J connectivity index is 1.87. The van der Waals surface area contributed by atoms with Gasteiger partial charge in [-0.25, -0.2) is 4.79 Å². The predicted molar refractivity (Wildman–Crippen MR) is 148 cm³/mol. The summed E-state index contributed by atoms with van der Waals surface area (Å²) >= 11 is 0. The molecule has 0 saturated carbocycles. The quantitative estimate of drug-likeness (QED) is 0.143. The van der Waals surface area contributed by atoms with E-state index in [9.17, 15) is 14.7 Å². The fourth-order valence-corrected chi connectivity index (χ4v) is 4.68. The number of amides is 1. The van der Waals surface area contributed by atoms with Crippen LogP contribution in [-0.4, -0.2) is 23.0 Å². The summed E-state index contributed by atoms with van der Waals surface area (Å²) in [5.74, 6) is -1.13. The minimum Gasteiger partial charge on any atom is -0.480 e. The number of carboxylic acid groups (broad SMARTS) is 1. The van der Waals surface area contributed by atoms with E-state index in [-0.39, 0.29) is 5.91 Å². The maximum Gasteiger partial charge on any atom is 0.326 e. The lowest BCUT2D eigenvalue weighted by Gasteiger charge is -2.14. The van der Waals surface area contributed by atoms with Crippen LogP contribution in [0.1, 0.15) is 141 Å². The lowest BCUT2D eigenvalue weighted by atomic mass is 10.0. The van der Waals surface area contributed by atoms with Crippen LogP contribution in [0.5, 0.6) is 0 Å². The minimum atomic E-state index is -0.977. The molecule has 0 aliphatic carbocycles. The number of rotatable bonds is 24. The van der Waals surface area contributed by atoms with Crippen LogP contribution in [0.15, 0.2) is 30.3 Å². The summed E-state index contributed by atoms with van der Waals surface area (Å²) in [6.07, 6.45) is 26.0. The van der Waals surface area contributed by atoms with Gasteiger partial charge in [0.25, 0.3) is 0 Å². The number of carbonyl (C=O) groups is 2. The zero-order chi connectivity index (χ0) is 25.4. The third kappa shape index (κ3) is 19.1. The molecule has 200 valence electrons. The van der Waals surface area contributed by atoms with E-state index in [0.717, 1.165) is 24.8 Å². The van der Waals surface area contributed by atoms with Gasteiger partial charge in [-0.2, -0.15) is 0 Å². The molecule has 35 heavy (non-hydrogen) atoms. The fraction of sp³-hybridized carbons (Fsp3) is 0.742. The van der Waals surface area contributed by atoms with Crippen LogP contribution < -0.4 is 5.32 Å². The first kappa shape index (κ1) is 31.2. The van der Waals surface area contributed by atoms with Crippen molar-refractivity contribution in [1.82, 2.24) is 5.32 Å². The van der Waals surface area contributed by atoms with E-state index in [1.807, 2.05) is 30.3 Å². The average molecular weight is 488 g/mol. The molecule has 0 fully saturated rings. The van der Waals surface area contributed by atoms with E-state index in [2.05, 4.69) is 12.2 Å². The number of carbonyl (C=O) groups excluding carboxylic acids is 1. The number of hydrogen-bond donors (Lipinski definition) is 2. The molecule has 2 N–H and O–H groups in total. The Morgan fingerprint density at radius 3 is 1.46 bits per heavy atom. The van der Waals surface area contributed by atoms with Gasteiger partial charge in [-0.15, -0.1) is 0 Å². The summed E-state index contributed by atoms with van der Waals surface area (Å²) in [4.78, 5) is 23.6. The van der Waals surface area contributed by atoms with Gasteiger partial charge in [0.2, 0.25) is 5.91 Å². The molecule has 1 amide bonds. The van der Waals surface area contributed by atoms with Crippen molar-refractivity contribution in [3.63, 3.8) is 0 Å². The van der Waals surface area contributed by atoms with Crippen molar-refractivity contribution in [3.8, 4) is 0 Å². The van der Waals surface area contributed by atoms with Crippen molar-refractivity contribution < 1.29 is 14.7 Å². The Hall–Kier alpha value is -1.84. The zero-order valence-corrected chi connectivity index (χ0v) is 22.6. The largest absolute Gasteiger partial charge is 0.480 e. The second-order valence-corrected chi connectivity index (χ2v) is 10.3. The van der Waals surface area contributed by atoms with Crippen molar-refractivity contribution in [3.05, 3.63) is 35.9 Å². The fourth-order valence-electron chi connectivity index (χ4n) is 4.68. The van der Waals surface area contributed by atoms with Gasteiger partial charge >= 0.3 is 5.97 Å². The smallest absolute Gasteiger partial charge is 0.326 e. The average Bonchev–Trinajstić information content (AvgIpc) is 2.85. The first-order valence-corrected chi connectivity index (χ1v) is 14.7. The summed E-state index contributed by atoms with van der Waals surface area (Å²) in [6, 6.07) is 8.59. The maximum absolute atomic E-state index is 12.2. The van der Waals surface area contributed by atoms with Gasteiger partial charge in [0.05, 0.1) is 0 Å². The van der Waals surface area contributed by atoms with Crippen LogP contribution in [0.3, 0.4) is 0 Å². The first-order chi connectivity index (χ1) is 17.1. The summed E-state index contributed by atoms with van der Waals surface area (Å²) in [5.41, 5.74) is 0.920. The Labute approximate surface area is 215 Å². The highest BCUT2D eigenvalue weighted by Gasteiger charge is 2.19. The highest BCUT2D eigenvalue weighted by molar-refractivity contribution is 5.83. The van der Waals surface area contributed by atoms with Gasteiger partial charge < -0.3 is 10.4 Å². The maximum atomic E-state index is 12.2. The van der Waals surface area contributed by atoms with Crippen LogP contribution in [0.4, 0.5) is 0 Å². The highest BCUT2D eigenvalue weighted by atomic mass is 16.4. The Bertz CT molecular complexity index is 631. The Morgan fingerprint density at radius 2 is 1.06 bits per heavy atom. The van der Waals surface area contributed by atoms with Crippen LogP contribution in [0, 0.1) is 0 Å². The molecule has 1 aromatic rings. The third-order valence-corrected chi connectivity index (χ3v) is 6.92. The number of carboxylic acids is 1. The van der Waals surface area contributed by atoms with Gasteiger partial charge in [-0.1, -0.05) is 153 Å². The zero-order valence-electron chi connectivity index (χ0n) is 22.6. The molecule has 0 spiro atoms. The highest BCUT2D eigenvalue weighted by Crippen LogP contribution is 2.15. The molecule has 4 heteroatoms. The van der Waals surface area contributed by atoms with E-state index >= 15 is 0 Å². The number of unbranched alkanes of at least 4 members (excludes halogenated alkanes) is 18. The molecule has 1 atom stereocenters. The first-order valence-electron chi connectivity index (χ1n) is 14.7. The lowest BCUT2D eigenvalue weighted by Crippen LogP contribution is -2.42. The van der Waals surface area contributed by atoms with Gasteiger partial charge in [0.15, 0.2) is 0 Å². The normalized spacial score (nSPS) is 11.9. The van der Waals surface area contributed by atoms with Gasteiger partial charge in [0, 0.05) is 12.8 Å². The van der Waals surface area contributed by atoms with Crippen molar-refractivity contribution in [1.29, 1.82) is 0 Å². The van der Waals surface area contributed by atoms with Crippen LogP contribution in [0.2, 0.25) is 0 Å². The SMILES string of the molecule is CCCCCCCCCCCCCCCCCCCCCC(=O)N[C@@H](Cc1ccccc1)C(=O)O. The van der Waals surface area contributed by atoms with Crippen molar-refractivity contribution in [2.75, 3.05) is 0 Å². The van der Waals surface area contributed by atoms with E-state index in [4.69, 9.17) is 0 Å². The summed E-state index contributed by atoms with van der Waals surface area (Å²) in [7, 11) is 0. The molecule has 0 aromatic heterocycles. The number of benzene rings is 1. The monoisotopic (exact) mass is 487 g/mol. The summed E-state index contributed by atoms with van der Waals surface area (Å²) < 4.78 is 0. The number of aliphatic carboxylic acids is 1. The van der Waals surface area contributed by atoms with Gasteiger partial charge in [0.1, 0.15) is 6.04 Å². The topological polar surface area (TPSA) is 66.4 Å². The number of nitrogens with one attached hydrogen (secondary N) is 1. The van der Waals surface area contributed by atoms with E-state index < -0.39 is 12.0 Å².